The summed E-state index contributed by atoms with van der Waals surface area (Å²) in [5, 5.41) is 20.6. The number of urea groups is 1. The number of fused-ring (bicyclic) bond motifs is 1. The number of anilines is 1. The zero-order valence-corrected chi connectivity index (χ0v) is 33.3. The summed E-state index contributed by atoms with van der Waals surface area (Å²) in [5.74, 6) is -3.97. The second kappa shape index (κ2) is 17.4. The van der Waals surface area contributed by atoms with Crippen LogP contribution in [0.5, 0.6) is 11.5 Å². The average molecular weight is 838 g/mol. The molecular formula is C41H49F2N7O10. The van der Waals surface area contributed by atoms with Gasteiger partial charge in [0.1, 0.15) is 47.4 Å². The van der Waals surface area contributed by atoms with Crippen molar-refractivity contribution >= 4 is 47.0 Å². The number of carbonyl (C=O) groups excluding carboxylic acids is 7. The third-order valence-electron chi connectivity index (χ3n) is 11.9. The zero-order valence-electron chi connectivity index (χ0n) is 33.3. The number of aliphatic hydroxyl groups excluding tert-OH is 1. The van der Waals surface area contributed by atoms with Crippen LogP contribution in [0.2, 0.25) is 0 Å². The van der Waals surface area contributed by atoms with Crippen molar-refractivity contribution in [2.45, 2.75) is 101 Å². The van der Waals surface area contributed by atoms with E-state index < -0.39 is 90.1 Å². The van der Waals surface area contributed by atoms with Crippen molar-refractivity contribution in [3.8, 4) is 11.5 Å². The standard InChI is InChI=1S/C41H49F2N7O10/c1-22-17-41(18-34(41)52)50(19-22)37(55)23(2)44-36(54)30-6-3-4-10-48(30)39(57)31-7-5-11-49(31)38(56)29(20-51)46-35(53)28(14-24-12-25(42)15-26(43)13-24)47-40(58)45-27-8-9-32-33(16-27)60-21-59-32/h8-9,12-13,15-16,22-23,28-31,51H,3-7,10-11,14,17-21H2,1-2H3,(H,44,54)(H,46,53)(H2,45,47,58)/t22-,23+,28+,29+,30+,31+,41-/m1/s1. The van der Waals surface area contributed by atoms with Gasteiger partial charge in [0.2, 0.25) is 36.3 Å². The molecule has 5 N–H and O–H groups in total. The molecule has 4 heterocycles. The monoisotopic (exact) mass is 837 g/mol. The molecule has 4 aliphatic heterocycles. The SMILES string of the molecule is C[C@H]1CN(C(=O)[C@H](C)NC(=O)[C@@H]2CCCCN2C(=O)[C@@H]2CCCN2C(=O)[C@H](CO)NC(=O)[C@H](Cc2cc(F)cc(F)c2)NC(=O)Nc2ccc3c(c2)OCO3)[C@@]2(CC2=O)C1. The van der Waals surface area contributed by atoms with Crippen molar-refractivity contribution in [2.24, 2.45) is 5.92 Å². The smallest absolute Gasteiger partial charge is 0.319 e. The van der Waals surface area contributed by atoms with Crippen molar-refractivity contribution in [1.82, 2.24) is 30.7 Å². The summed E-state index contributed by atoms with van der Waals surface area (Å²) in [4.78, 5) is 98.9. The van der Waals surface area contributed by atoms with Crippen LogP contribution in [0, 0.1) is 17.6 Å². The van der Waals surface area contributed by atoms with Crippen LogP contribution < -0.4 is 30.7 Å². The quantitative estimate of drug-likeness (QED) is 0.207. The topological polar surface area (TPSA) is 216 Å². The van der Waals surface area contributed by atoms with E-state index >= 15 is 0 Å². The molecule has 0 radical (unpaired) electrons. The van der Waals surface area contributed by atoms with Crippen LogP contribution in [-0.2, 0) is 35.2 Å². The van der Waals surface area contributed by atoms with E-state index in [1.54, 1.807) is 17.9 Å². The summed E-state index contributed by atoms with van der Waals surface area (Å²) >= 11 is 0. The Balaban J connectivity index is 1.01. The molecule has 17 nitrogen and oxygen atoms in total. The number of likely N-dealkylation sites (tertiary alicyclic amines) is 3. The van der Waals surface area contributed by atoms with Gasteiger partial charge in [-0.25, -0.2) is 13.6 Å². The summed E-state index contributed by atoms with van der Waals surface area (Å²) < 4.78 is 38.9. The fraction of sp³-hybridized carbons (Fsp3) is 0.537. The molecule has 0 unspecified atom stereocenters. The van der Waals surface area contributed by atoms with Crippen LogP contribution in [0.3, 0.4) is 0 Å². The number of Topliss-reactive ketones (excluding diaryl/α,β-unsaturated/α-hetero) is 1. The minimum Gasteiger partial charge on any atom is -0.454 e. The number of hydrogen-bond donors (Lipinski definition) is 5. The highest BCUT2D eigenvalue weighted by molar-refractivity contribution is 6.09. The van der Waals surface area contributed by atoms with Crippen LogP contribution in [0.15, 0.2) is 36.4 Å². The number of halogens is 2. The Labute approximate surface area is 344 Å². The molecule has 5 aliphatic rings. The fourth-order valence-corrected chi connectivity index (χ4v) is 8.88. The average Bonchev–Trinajstić information content (AvgIpc) is 3.65. The van der Waals surface area contributed by atoms with Gasteiger partial charge in [0.05, 0.1) is 6.61 Å². The number of ether oxygens (including phenoxy) is 2. The first-order valence-electron chi connectivity index (χ1n) is 20.3. The van der Waals surface area contributed by atoms with Gasteiger partial charge in [-0.05, 0) is 81.2 Å². The maximum absolute atomic E-state index is 14.2. The van der Waals surface area contributed by atoms with Gasteiger partial charge < -0.3 is 50.5 Å². The third-order valence-corrected chi connectivity index (χ3v) is 11.9. The number of carbonyl (C=O) groups is 7. The number of benzene rings is 2. The maximum Gasteiger partial charge on any atom is 0.319 e. The Morgan fingerprint density at radius 1 is 0.867 bits per heavy atom. The van der Waals surface area contributed by atoms with E-state index in [9.17, 15) is 47.4 Å². The lowest BCUT2D eigenvalue weighted by molar-refractivity contribution is -0.151. The number of rotatable bonds is 12. The van der Waals surface area contributed by atoms with Gasteiger partial charge in [0.25, 0.3) is 0 Å². The molecule has 7 rings (SSSR count). The van der Waals surface area contributed by atoms with Crippen LogP contribution in [-0.4, -0.2) is 130 Å². The number of hydrogen-bond acceptors (Lipinski definition) is 10. The minimum atomic E-state index is -1.58. The van der Waals surface area contributed by atoms with E-state index in [1.807, 2.05) is 6.92 Å². The van der Waals surface area contributed by atoms with Crippen LogP contribution in [0.25, 0.3) is 0 Å². The Morgan fingerprint density at radius 3 is 2.28 bits per heavy atom. The summed E-state index contributed by atoms with van der Waals surface area (Å²) in [6, 6.07) is 0.341. The second-order valence-electron chi connectivity index (χ2n) is 16.3. The van der Waals surface area contributed by atoms with Gasteiger partial charge in [0.15, 0.2) is 17.3 Å². The lowest BCUT2D eigenvalue weighted by Crippen LogP contribution is -2.61. The van der Waals surface area contributed by atoms with Crippen molar-refractivity contribution in [3.63, 3.8) is 0 Å². The summed E-state index contributed by atoms with van der Waals surface area (Å²) in [6.07, 6.45) is 2.71. The number of amides is 7. The Morgan fingerprint density at radius 2 is 1.57 bits per heavy atom. The molecule has 0 aromatic heterocycles. The molecule has 19 heteroatoms. The summed E-state index contributed by atoms with van der Waals surface area (Å²) in [7, 11) is 0. The number of nitrogens with zero attached hydrogens (tertiary/aromatic N) is 3. The maximum atomic E-state index is 14.2. The van der Waals surface area contributed by atoms with Crippen molar-refractivity contribution in [1.29, 1.82) is 0 Å². The predicted octanol–water partition coefficient (Wildman–Crippen LogP) is 1.36. The highest BCUT2D eigenvalue weighted by Crippen LogP contribution is 2.48. The largest absolute Gasteiger partial charge is 0.454 e. The Hall–Kier alpha value is -5.85. The van der Waals surface area contributed by atoms with E-state index in [-0.39, 0.29) is 55.2 Å². The predicted molar refractivity (Wildman–Crippen MR) is 207 cm³/mol. The first-order chi connectivity index (χ1) is 28.7. The molecule has 7 amide bonds. The molecule has 2 aromatic rings. The molecule has 1 spiro atoms. The number of nitrogens with one attached hydrogen (secondary N) is 4. The van der Waals surface area contributed by atoms with Crippen molar-refractivity contribution in [3.05, 3.63) is 53.6 Å². The fourth-order valence-electron chi connectivity index (χ4n) is 8.88. The normalized spacial score (nSPS) is 24.4. The summed E-state index contributed by atoms with van der Waals surface area (Å²) in [5.41, 5.74) is -0.494. The van der Waals surface area contributed by atoms with Crippen LogP contribution in [0.4, 0.5) is 19.3 Å². The van der Waals surface area contributed by atoms with Gasteiger partial charge in [-0.2, -0.15) is 0 Å². The Bertz CT molecular complexity index is 2050. The highest BCUT2D eigenvalue weighted by Gasteiger charge is 2.63. The van der Waals surface area contributed by atoms with Gasteiger partial charge in [-0.1, -0.05) is 6.92 Å². The third kappa shape index (κ3) is 8.85. The molecule has 4 fully saturated rings. The summed E-state index contributed by atoms with van der Waals surface area (Å²) in [6.45, 7) is 3.38. The molecule has 2 aromatic carbocycles. The molecule has 0 bridgehead atoms. The molecule has 7 atom stereocenters. The van der Waals surface area contributed by atoms with E-state index in [4.69, 9.17) is 9.47 Å². The first-order valence-corrected chi connectivity index (χ1v) is 20.3. The van der Waals surface area contributed by atoms with E-state index in [2.05, 4.69) is 21.3 Å². The van der Waals surface area contributed by atoms with E-state index in [1.165, 1.54) is 21.9 Å². The molecule has 1 saturated carbocycles. The first kappa shape index (κ1) is 42.3. The van der Waals surface area contributed by atoms with Crippen LogP contribution >= 0.6 is 0 Å². The number of ketones is 1. The minimum absolute atomic E-state index is 0.00250. The van der Waals surface area contributed by atoms with Crippen molar-refractivity contribution < 1.29 is 56.9 Å². The molecule has 1 aliphatic carbocycles. The lowest BCUT2D eigenvalue weighted by atomic mass is 9.99. The van der Waals surface area contributed by atoms with Gasteiger partial charge in [0, 0.05) is 50.3 Å². The van der Waals surface area contributed by atoms with Gasteiger partial charge >= 0.3 is 6.03 Å². The zero-order chi connectivity index (χ0) is 42.9. The van der Waals surface area contributed by atoms with E-state index in [0.29, 0.717) is 62.6 Å². The number of aliphatic hydroxyl groups is 1. The molecule has 3 saturated heterocycles. The van der Waals surface area contributed by atoms with E-state index in [0.717, 1.165) is 12.1 Å². The van der Waals surface area contributed by atoms with Gasteiger partial charge in [-0.3, -0.25) is 28.8 Å². The Kier molecular flexibility index (Phi) is 12.3. The second-order valence-corrected chi connectivity index (χ2v) is 16.3. The lowest BCUT2D eigenvalue weighted by Gasteiger charge is -2.39. The van der Waals surface area contributed by atoms with Gasteiger partial charge in [-0.15, -0.1) is 0 Å². The highest BCUT2D eigenvalue weighted by atomic mass is 19.1. The van der Waals surface area contributed by atoms with Crippen LogP contribution in [0.1, 0.15) is 64.4 Å². The van der Waals surface area contributed by atoms with Crippen molar-refractivity contribution in [2.75, 3.05) is 38.4 Å². The molecular weight excluding hydrogens is 788 g/mol. The molecule has 322 valence electrons. The molecule has 60 heavy (non-hydrogen) atoms. The number of piperidine rings is 1.